The second kappa shape index (κ2) is 6.66. The van der Waals surface area contributed by atoms with Gasteiger partial charge < -0.3 is 4.74 Å². The van der Waals surface area contributed by atoms with Gasteiger partial charge in [0.2, 0.25) is 0 Å². The van der Waals surface area contributed by atoms with E-state index in [1.165, 1.54) is 12.1 Å². The predicted octanol–water partition coefficient (Wildman–Crippen LogP) is 3.92. The molecule has 0 spiro atoms. The zero-order chi connectivity index (χ0) is 15.5. The predicted molar refractivity (Wildman–Crippen MR) is 74.3 cm³/mol. The van der Waals surface area contributed by atoms with Crippen LogP contribution in [0, 0.1) is 11.8 Å². The number of alkyl halides is 3. The molecule has 0 aliphatic heterocycles. The minimum atomic E-state index is -4.70. The third-order valence-corrected chi connectivity index (χ3v) is 4.29. The molecule has 1 fully saturated rings. The van der Waals surface area contributed by atoms with Crippen LogP contribution in [0.15, 0.2) is 24.3 Å². The van der Waals surface area contributed by atoms with Crippen LogP contribution in [-0.4, -0.2) is 6.36 Å². The first-order valence-electron chi connectivity index (χ1n) is 7.25. The highest BCUT2D eigenvalue weighted by atomic mass is 19.4. The number of nitrogens with two attached hydrogens (primary N) is 1. The van der Waals surface area contributed by atoms with Gasteiger partial charge in [0.15, 0.2) is 0 Å². The second-order valence-corrected chi connectivity index (χ2v) is 5.58. The van der Waals surface area contributed by atoms with Gasteiger partial charge in [0.05, 0.1) is 6.04 Å². The highest BCUT2D eigenvalue weighted by Crippen LogP contribution is 2.42. The third-order valence-electron chi connectivity index (χ3n) is 4.29. The largest absolute Gasteiger partial charge is 0.573 e. The van der Waals surface area contributed by atoms with Crippen LogP contribution < -0.4 is 16.0 Å². The summed E-state index contributed by atoms with van der Waals surface area (Å²) >= 11 is 0. The van der Waals surface area contributed by atoms with Gasteiger partial charge in [-0.1, -0.05) is 38.0 Å². The van der Waals surface area contributed by atoms with Crippen molar-refractivity contribution in [1.29, 1.82) is 0 Å². The highest BCUT2D eigenvalue weighted by molar-refractivity contribution is 5.36. The summed E-state index contributed by atoms with van der Waals surface area (Å²) in [6.07, 6.45) is -0.563. The van der Waals surface area contributed by atoms with Crippen LogP contribution in [0.5, 0.6) is 5.75 Å². The number of ether oxygens (including phenoxy) is 1. The summed E-state index contributed by atoms with van der Waals surface area (Å²) in [4.78, 5) is 0. The van der Waals surface area contributed by atoms with Crippen molar-refractivity contribution in [3.8, 4) is 5.75 Å². The molecule has 0 saturated heterocycles. The van der Waals surface area contributed by atoms with Crippen LogP contribution in [0.4, 0.5) is 13.2 Å². The van der Waals surface area contributed by atoms with E-state index in [0.717, 1.165) is 25.7 Å². The van der Waals surface area contributed by atoms with E-state index in [4.69, 9.17) is 5.84 Å². The van der Waals surface area contributed by atoms with Crippen molar-refractivity contribution in [2.24, 2.45) is 17.7 Å². The van der Waals surface area contributed by atoms with E-state index in [0.29, 0.717) is 11.5 Å². The lowest BCUT2D eigenvalue weighted by Crippen LogP contribution is -2.33. The molecule has 1 aliphatic rings. The van der Waals surface area contributed by atoms with E-state index in [1.54, 1.807) is 12.1 Å². The Kier molecular flexibility index (Phi) is 5.11. The first-order chi connectivity index (χ1) is 9.94. The van der Waals surface area contributed by atoms with Gasteiger partial charge in [-0.2, -0.15) is 0 Å². The molecule has 0 aromatic heterocycles. The summed E-state index contributed by atoms with van der Waals surface area (Å²) in [6.45, 7) is 2.14. The Labute approximate surface area is 122 Å². The first kappa shape index (κ1) is 16.1. The van der Waals surface area contributed by atoms with Crippen molar-refractivity contribution in [1.82, 2.24) is 5.43 Å². The highest BCUT2D eigenvalue weighted by Gasteiger charge is 2.35. The molecule has 0 bridgehead atoms. The molecule has 118 valence electrons. The van der Waals surface area contributed by atoms with Crippen LogP contribution in [0.1, 0.15) is 44.2 Å². The molecule has 2 rings (SSSR count). The zero-order valence-corrected chi connectivity index (χ0v) is 12.0. The summed E-state index contributed by atoms with van der Waals surface area (Å²) in [5, 5.41) is 0. The molecule has 3 unspecified atom stereocenters. The molecule has 1 aromatic carbocycles. The van der Waals surface area contributed by atoms with Crippen LogP contribution in [-0.2, 0) is 0 Å². The van der Waals surface area contributed by atoms with Crippen molar-refractivity contribution in [2.75, 3.05) is 0 Å². The van der Waals surface area contributed by atoms with Crippen molar-refractivity contribution >= 4 is 0 Å². The van der Waals surface area contributed by atoms with Crippen LogP contribution in [0.2, 0.25) is 0 Å². The Morgan fingerprint density at radius 2 is 2.05 bits per heavy atom. The molecule has 0 heterocycles. The standard InChI is InChI=1S/C15H21F3N2O/c1-2-10-7-8-11(9-10)14(20-19)12-5-3-4-6-13(12)21-15(16,17)18/h3-6,10-11,14,20H,2,7-9,19H2,1H3. The molecule has 1 aliphatic carbocycles. The average Bonchev–Trinajstić information content (AvgIpc) is 2.88. The normalized spacial score (nSPS) is 24.0. The topological polar surface area (TPSA) is 47.3 Å². The molecule has 1 aromatic rings. The van der Waals surface area contributed by atoms with Crippen molar-refractivity contribution in [3.63, 3.8) is 0 Å². The number of nitrogens with one attached hydrogen (secondary N) is 1. The second-order valence-electron chi connectivity index (χ2n) is 5.58. The summed E-state index contributed by atoms with van der Waals surface area (Å²) in [5.41, 5.74) is 3.16. The fraction of sp³-hybridized carbons (Fsp3) is 0.600. The van der Waals surface area contributed by atoms with E-state index in [-0.39, 0.29) is 17.7 Å². The van der Waals surface area contributed by atoms with E-state index >= 15 is 0 Å². The molecule has 21 heavy (non-hydrogen) atoms. The lowest BCUT2D eigenvalue weighted by Gasteiger charge is -2.25. The van der Waals surface area contributed by atoms with Gasteiger partial charge >= 0.3 is 6.36 Å². The minimum Gasteiger partial charge on any atom is -0.405 e. The smallest absolute Gasteiger partial charge is 0.405 e. The van der Waals surface area contributed by atoms with Gasteiger partial charge in [-0.25, -0.2) is 0 Å². The Morgan fingerprint density at radius 1 is 1.33 bits per heavy atom. The number of hydrogen-bond acceptors (Lipinski definition) is 3. The van der Waals surface area contributed by atoms with E-state index in [1.807, 2.05) is 0 Å². The third kappa shape index (κ3) is 4.11. The molecule has 0 radical (unpaired) electrons. The van der Waals surface area contributed by atoms with Crippen molar-refractivity contribution < 1.29 is 17.9 Å². The fourth-order valence-corrected chi connectivity index (χ4v) is 3.22. The Bertz CT molecular complexity index is 464. The summed E-state index contributed by atoms with van der Waals surface area (Å²) in [7, 11) is 0. The van der Waals surface area contributed by atoms with E-state index in [2.05, 4.69) is 17.1 Å². The van der Waals surface area contributed by atoms with Gasteiger partial charge in [-0.15, -0.1) is 13.2 Å². The molecular weight excluding hydrogens is 281 g/mol. The van der Waals surface area contributed by atoms with Crippen molar-refractivity contribution in [2.45, 2.75) is 45.0 Å². The maximum absolute atomic E-state index is 12.5. The number of halogens is 3. The number of hydrogen-bond donors (Lipinski definition) is 2. The maximum atomic E-state index is 12.5. The Hall–Kier alpha value is -1.27. The fourth-order valence-electron chi connectivity index (χ4n) is 3.22. The average molecular weight is 302 g/mol. The van der Waals surface area contributed by atoms with E-state index < -0.39 is 6.36 Å². The number of benzene rings is 1. The number of para-hydroxylation sites is 1. The van der Waals surface area contributed by atoms with Crippen LogP contribution >= 0.6 is 0 Å². The summed E-state index contributed by atoms with van der Waals surface area (Å²) < 4.78 is 41.7. The van der Waals surface area contributed by atoms with Gasteiger partial charge in [-0.05, 0) is 30.7 Å². The minimum absolute atomic E-state index is 0.173. The maximum Gasteiger partial charge on any atom is 0.573 e. The van der Waals surface area contributed by atoms with Gasteiger partial charge in [0, 0.05) is 5.56 Å². The molecule has 3 N–H and O–H groups in total. The monoisotopic (exact) mass is 302 g/mol. The van der Waals surface area contributed by atoms with Gasteiger partial charge in [0.1, 0.15) is 5.75 Å². The SMILES string of the molecule is CCC1CCC(C(NN)c2ccccc2OC(F)(F)F)C1. The first-order valence-corrected chi connectivity index (χ1v) is 7.25. The molecular formula is C15H21F3N2O. The number of hydrazine groups is 1. The molecule has 1 saturated carbocycles. The van der Waals surface area contributed by atoms with Gasteiger partial charge in [-0.3, -0.25) is 11.3 Å². The molecule has 0 amide bonds. The Morgan fingerprint density at radius 3 is 2.62 bits per heavy atom. The van der Waals surface area contributed by atoms with Crippen LogP contribution in [0.25, 0.3) is 0 Å². The Balaban J connectivity index is 2.22. The molecule has 3 nitrogen and oxygen atoms in total. The molecule has 6 heteroatoms. The summed E-state index contributed by atoms with van der Waals surface area (Å²) in [5.74, 6) is 6.30. The van der Waals surface area contributed by atoms with Crippen molar-refractivity contribution in [3.05, 3.63) is 29.8 Å². The zero-order valence-electron chi connectivity index (χ0n) is 12.0. The van der Waals surface area contributed by atoms with Gasteiger partial charge in [0.25, 0.3) is 0 Å². The molecule has 3 atom stereocenters. The van der Waals surface area contributed by atoms with E-state index in [9.17, 15) is 13.2 Å². The quantitative estimate of drug-likeness (QED) is 0.640. The summed E-state index contributed by atoms with van der Waals surface area (Å²) in [6, 6.07) is 5.89. The lowest BCUT2D eigenvalue weighted by molar-refractivity contribution is -0.275. The number of rotatable bonds is 5. The lowest BCUT2D eigenvalue weighted by atomic mass is 9.90. The van der Waals surface area contributed by atoms with Crippen LogP contribution in [0.3, 0.4) is 0 Å².